The molecule has 0 bridgehead atoms. The normalized spacial score (nSPS) is 10.7. The summed E-state index contributed by atoms with van der Waals surface area (Å²) in [6.45, 7) is 0. The van der Waals surface area contributed by atoms with E-state index < -0.39 is 0 Å². The van der Waals surface area contributed by atoms with Gasteiger partial charge >= 0.3 is 0 Å². The molecular weight excluding hydrogens is 326 g/mol. The number of nitrogens with two attached hydrogens (primary N) is 1. The highest BCUT2D eigenvalue weighted by atomic mass is 16.5. The number of hydrogen-bond acceptors (Lipinski definition) is 5. The quantitative estimate of drug-likeness (QED) is 0.395. The molecule has 5 heteroatoms. The van der Waals surface area contributed by atoms with Gasteiger partial charge in [-0.15, -0.1) is 0 Å². The minimum atomic E-state index is -0.0933. The molecule has 26 heavy (non-hydrogen) atoms. The minimum absolute atomic E-state index is 0.0933. The molecule has 5 nitrogen and oxygen atoms in total. The number of ketones is 1. The van der Waals surface area contributed by atoms with Crippen LogP contribution in [0.3, 0.4) is 0 Å². The first kappa shape index (κ1) is 17.2. The number of rotatable bonds is 6. The highest BCUT2D eigenvalue weighted by Gasteiger charge is 2.04. The second kappa shape index (κ2) is 7.98. The fourth-order valence-corrected chi connectivity index (χ4v) is 2.38. The number of allylic oxidation sites excluding steroid dienone is 1. The third-order valence-corrected chi connectivity index (χ3v) is 3.80. The number of hydrogen-bond donors (Lipinski definition) is 2. The lowest BCUT2D eigenvalue weighted by molar-refractivity contribution is 0.104. The summed E-state index contributed by atoms with van der Waals surface area (Å²) < 4.78 is 5.16. The van der Waals surface area contributed by atoms with E-state index in [2.05, 4.69) is 10.3 Å². The Balaban J connectivity index is 1.77. The average molecular weight is 345 g/mol. The van der Waals surface area contributed by atoms with Gasteiger partial charge in [0.15, 0.2) is 5.78 Å². The van der Waals surface area contributed by atoms with E-state index in [4.69, 9.17) is 10.5 Å². The van der Waals surface area contributed by atoms with Crippen LogP contribution in [0.2, 0.25) is 0 Å². The van der Waals surface area contributed by atoms with Crippen molar-refractivity contribution in [1.82, 2.24) is 4.98 Å². The van der Waals surface area contributed by atoms with E-state index in [0.29, 0.717) is 17.1 Å². The van der Waals surface area contributed by atoms with E-state index in [1.54, 1.807) is 43.6 Å². The molecule has 3 rings (SSSR count). The van der Waals surface area contributed by atoms with Crippen molar-refractivity contribution in [2.24, 2.45) is 0 Å². The lowest BCUT2D eigenvalue weighted by atomic mass is 10.1. The van der Waals surface area contributed by atoms with Crippen molar-refractivity contribution in [3.8, 4) is 5.75 Å². The second-order valence-corrected chi connectivity index (χ2v) is 5.61. The molecule has 0 unspecified atom stereocenters. The third-order valence-electron chi connectivity index (χ3n) is 3.80. The van der Waals surface area contributed by atoms with E-state index in [-0.39, 0.29) is 5.78 Å². The lowest BCUT2D eigenvalue weighted by Gasteiger charge is -2.09. The smallest absolute Gasteiger partial charge is 0.185 e. The summed E-state index contributed by atoms with van der Waals surface area (Å²) in [5.74, 6) is 1.36. The van der Waals surface area contributed by atoms with Crippen molar-refractivity contribution < 1.29 is 9.53 Å². The van der Waals surface area contributed by atoms with Crippen LogP contribution in [0.25, 0.3) is 6.08 Å². The Bertz CT molecular complexity index is 917. The van der Waals surface area contributed by atoms with Crippen LogP contribution in [-0.2, 0) is 0 Å². The molecule has 0 radical (unpaired) electrons. The van der Waals surface area contributed by atoms with Gasteiger partial charge in [-0.1, -0.05) is 0 Å². The largest absolute Gasteiger partial charge is 0.497 e. The Morgan fingerprint density at radius 2 is 1.81 bits per heavy atom. The van der Waals surface area contributed by atoms with Crippen LogP contribution in [0, 0.1) is 0 Å². The van der Waals surface area contributed by atoms with Crippen molar-refractivity contribution in [2.45, 2.75) is 0 Å². The third kappa shape index (κ3) is 4.27. The zero-order valence-corrected chi connectivity index (χ0v) is 14.3. The van der Waals surface area contributed by atoms with Crippen LogP contribution >= 0.6 is 0 Å². The number of nitrogens with zero attached hydrogens (tertiary/aromatic N) is 1. The van der Waals surface area contributed by atoms with E-state index in [1.165, 1.54) is 6.08 Å². The fraction of sp³-hybridized carbons (Fsp3) is 0.0476. The maximum Gasteiger partial charge on any atom is 0.185 e. The number of pyridine rings is 1. The predicted octanol–water partition coefficient (Wildman–Crippen LogP) is 4.31. The monoisotopic (exact) mass is 345 g/mol. The van der Waals surface area contributed by atoms with Gasteiger partial charge < -0.3 is 15.8 Å². The summed E-state index contributed by atoms with van der Waals surface area (Å²) in [6, 6.07) is 18.1. The maximum atomic E-state index is 12.3. The van der Waals surface area contributed by atoms with Gasteiger partial charge in [-0.2, -0.15) is 0 Å². The first-order valence-corrected chi connectivity index (χ1v) is 8.10. The van der Waals surface area contributed by atoms with Gasteiger partial charge in [-0.3, -0.25) is 4.79 Å². The number of methoxy groups -OCH3 is 1. The summed E-state index contributed by atoms with van der Waals surface area (Å²) in [5, 5.41) is 3.25. The van der Waals surface area contributed by atoms with Gasteiger partial charge in [-0.05, 0) is 72.8 Å². The van der Waals surface area contributed by atoms with Crippen LogP contribution < -0.4 is 15.8 Å². The van der Waals surface area contributed by atoms with E-state index in [0.717, 1.165) is 17.0 Å². The van der Waals surface area contributed by atoms with Crippen molar-refractivity contribution >= 4 is 29.1 Å². The summed E-state index contributed by atoms with van der Waals surface area (Å²) in [5.41, 5.74) is 8.56. The first-order chi connectivity index (χ1) is 12.7. The summed E-state index contributed by atoms with van der Waals surface area (Å²) >= 11 is 0. The lowest BCUT2D eigenvalue weighted by Crippen LogP contribution is -1.97. The van der Waals surface area contributed by atoms with E-state index in [9.17, 15) is 4.79 Å². The van der Waals surface area contributed by atoms with Crippen LogP contribution in [-0.4, -0.2) is 17.9 Å². The van der Waals surface area contributed by atoms with Gasteiger partial charge in [-0.25, -0.2) is 4.98 Å². The SMILES string of the molecule is COc1ccc(Nc2ncccc2C=CC(=O)c2ccc(N)cc2)cc1. The van der Waals surface area contributed by atoms with Crippen molar-refractivity contribution in [1.29, 1.82) is 0 Å². The molecule has 0 saturated carbocycles. The zero-order valence-electron chi connectivity index (χ0n) is 14.3. The molecule has 1 aromatic heterocycles. The van der Waals surface area contributed by atoms with Crippen LogP contribution in [0.5, 0.6) is 5.75 Å². The van der Waals surface area contributed by atoms with Gasteiger partial charge in [0, 0.05) is 28.7 Å². The van der Waals surface area contributed by atoms with E-state index in [1.807, 2.05) is 36.4 Å². The number of nitrogens with one attached hydrogen (secondary N) is 1. The van der Waals surface area contributed by atoms with Crippen LogP contribution in [0.1, 0.15) is 15.9 Å². The van der Waals surface area contributed by atoms with Gasteiger partial charge in [0.25, 0.3) is 0 Å². The minimum Gasteiger partial charge on any atom is -0.497 e. The molecule has 0 fully saturated rings. The molecule has 3 aromatic rings. The molecule has 2 aromatic carbocycles. The van der Waals surface area contributed by atoms with Crippen molar-refractivity contribution in [3.63, 3.8) is 0 Å². The van der Waals surface area contributed by atoms with Gasteiger partial charge in [0.2, 0.25) is 0 Å². The summed E-state index contributed by atoms with van der Waals surface area (Å²) in [7, 11) is 1.63. The zero-order chi connectivity index (χ0) is 18.4. The van der Waals surface area contributed by atoms with Crippen molar-refractivity contribution in [2.75, 3.05) is 18.2 Å². The molecule has 0 spiro atoms. The van der Waals surface area contributed by atoms with Gasteiger partial charge in [0.1, 0.15) is 11.6 Å². The first-order valence-electron chi connectivity index (χ1n) is 8.10. The topological polar surface area (TPSA) is 77.2 Å². The highest BCUT2D eigenvalue weighted by molar-refractivity contribution is 6.07. The number of carbonyl (C=O) groups excluding carboxylic acids is 1. The van der Waals surface area contributed by atoms with E-state index >= 15 is 0 Å². The standard InChI is InChI=1S/C21H19N3O2/c1-26-19-11-9-18(10-12-19)24-21-16(3-2-14-23-21)6-13-20(25)15-4-7-17(22)8-5-15/h2-14H,22H2,1H3,(H,23,24). The molecule has 0 saturated heterocycles. The number of nitrogen functional groups attached to an aromatic ring is 1. The van der Waals surface area contributed by atoms with Crippen molar-refractivity contribution in [3.05, 3.63) is 84.1 Å². The second-order valence-electron chi connectivity index (χ2n) is 5.61. The molecule has 130 valence electrons. The Morgan fingerprint density at radius 3 is 2.50 bits per heavy atom. The highest BCUT2D eigenvalue weighted by Crippen LogP contribution is 2.22. The fourth-order valence-electron chi connectivity index (χ4n) is 2.38. The van der Waals surface area contributed by atoms with Crippen LogP contribution in [0.4, 0.5) is 17.2 Å². The van der Waals surface area contributed by atoms with Crippen LogP contribution in [0.15, 0.2) is 72.9 Å². The van der Waals surface area contributed by atoms with Gasteiger partial charge in [0.05, 0.1) is 7.11 Å². The molecule has 0 atom stereocenters. The Morgan fingerprint density at radius 1 is 1.08 bits per heavy atom. The maximum absolute atomic E-state index is 12.3. The molecule has 3 N–H and O–H groups in total. The summed E-state index contributed by atoms with van der Waals surface area (Å²) in [6.07, 6.45) is 4.98. The Hall–Kier alpha value is -3.60. The Labute approximate surface area is 152 Å². The molecule has 0 aliphatic heterocycles. The molecule has 1 heterocycles. The molecule has 0 aliphatic carbocycles. The average Bonchev–Trinajstić information content (AvgIpc) is 2.68. The predicted molar refractivity (Wildman–Crippen MR) is 105 cm³/mol. The number of anilines is 3. The number of aromatic nitrogens is 1. The molecule has 0 amide bonds. The molecule has 0 aliphatic rings. The number of carbonyl (C=O) groups is 1. The summed E-state index contributed by atoms with van der Waals surface area (Å²) in [4.78, 5) is 16.6. The number of benzene rings is 2. The Kier molecular flexibility index (Phi) is 5.29. The number of ether oxygens (including phenoxy) is 1. The molecular formula is C21H19N3O2.